The molecule has 1 aliphatic carbocycles. The maximum Gasteiger partial charge on any atom is 0.146 e. The minimum absolute atomic E-state index is 0.412. The van der Waals surface area contributed by atoms with Crippen molar-refractivity contribution in [2.45, 2.75) is 38.7 Å². The normalized spacial score (nSPS) is 15.5. The number of hydrogen-bond donors (Lipinski definition) is 1. The molecule has 0 aromatic carbocycles. The summed E-state index contributed by atoms with van der Waals surface area (Å²) in [5.74, 6) is 1.36. The van der Waals surface area contributed by atoms with Crippen LogP contribution < -0.4 is 10.1 Å². The van der Waals surface area contributed by atoms with Gasteiger partial charge >= 0.3 is 0 Å². The molecule has 82 valence electrons. The summed E-state index contributed by atoms with van der Waals surface area (Å²) in [6.07, 6.45) is 4.62. The first-order valence-electron chi connectivity index (χ1n) is 5.55. The molecule has 1 saturated carbocycles. The van der Waals surface area contributed by atoms with E-state index in [9.17, 15) is 0 Å². The van der Waals surface area contributed by atoms with Gasteiger partial charge in [-0.2, -0.15) is 0 Å². The van der Waals surface area contributed by atoms with Gasteiger partial charge in [0.25, 0.3) is 0 Å². The summed E-state index contributed by atoms with van der Waals surface area (Å²) in [5, 5.41) is 3.19. The van der Waals surface area contributed by atoms with Crippen molar-refractivity contribution in [1.82, 2.24) is 4.98 Å². The summed E-state index contributed by atoms with van der Waals surface area (Å²) < 4.78 is 5.84. The average Bonchev–Trinajstić information content (AvgIpc) is 3.01. The van der Waals surface area contributed by atoms with Gasteiger partial charge in [-0.1, -0.05) is 13.8 Å². The third kappa shape index (κ3) is 2.22. The van der Waals surface area contributed by atoms with Crippen LogP contribution in [-0.4, -0.2) is 18.1 Å². The van der Waals surface area contributed by atoms with Gasteiger partial charge < -0.3 is 10.1 Å². The zero-order valence-electron chi connectivity index (χ0n) is 9.58. The van der Waals surface area contributed by atoms with Gasteiger partial charge in [0.05, 0.1) is 17.5 Å². The molecule has 1 N–H and O–H groups in total. The highest BCUT2D eigenvalue weighted by Gasteiger charge is 2.25. The number of anilines is 1. The van der Waals surface area contributed by atoms with Crippen LogP contribution in [-0.2, 0) is 0 Å². The lowest BCUT2D eigenvalue weighted by molar-refractivity contribution is 0.304. The van der Waals surface area contributed by atoms with Crippen molar-refractivity contribution in [1.29, 1.82) is 0 Å². The first-order chi connectivity index (χ1) is 7.22. The van der Waals surface area contributed by atoms with Crippen LogP contribution in [0.3, 0.4) is 0 Å². The van der Waals surface area contributed by atoms with Crippen LogP contribution in [0.4, 0.5) is 5.69 Å². The lowest BCUT2D eigenvalue weighted by Crippen LogP contribution is -2.05. The van der Waals surface area contributed by atoms with Gasteiger partial charge in [-0.25, -0.2) is 0 Å². The fraction of sp³-hybridized carbons (Fsp3) is 0.583. The van der Waals surface area contributed by atoms with E-state index < -0.39 is 0 Å². The number of aromatic nitrogens is 1. The molecule has 15 heavy (non-hydrogen) atoms. The second-order valence-corrected chi connectivity index (χ2v) is 4.29. The van der Waals surface area contributed by atoms with E-state index in [1.807, 2.05) is 19.3 Å². The summed E-state index contributed by atoms with van der Waals surface area (Å²) in [4.78, 5) is 4.39. The summed E-state index contributed by atoms with van der Waals surface area (Å²) in [5.41, 5.74) is 2.12. The molecule has 3 nitrogen and oxygen atoms in total. The molecule has 1 heterocycles. The molecule has 0 atom stereocenters. The van der Waals surface area contributed by atoms with Crippen LogP contribution >= 0.6 is 0 Å². The molecule has 0 bridgehead atoms. The smallest absolute Gasteiger partial charge is 0.146 e. The van der Waals surface area contributed by atoms with Gasteiger partial charge in [0.2, 0.25) is 0 Å². The number of ether oxygens (including phenoxy) is 1. The maximum atomic E-state index is 5.84. The molecule has 0 radical (unpaired) electrons. The van der Waals surface area contributed by atoms with Crippen molar-refractivity contribution in [2.75, 3.05) is 12.4 Å². The van der Waals surface area contributed by atoms with Gasteiger partial charge in [0.15, 0.2) is 0 Å². The molecule has 1 aliphatic rings. The quantitative estimate of drug-likeness (QED) is 0.822. The van der Waals surface area contributed by atoms with Crippen molar-refractivity contribution in [3.8, 4) is 5.75 Å². The molecule has 0 aliphatic heterocycles. The second-order valence-electron chi connectivity index (χ2n) is 4.29. The number of pyridine rings is 1. The Morgan fingerprint density at radius 1 is 1.47 bits per heavy atom. The van der Waals surface area contributed by atoms with Gasteiger partial charge in [0.1, 0.15) is 5.75 Å². The van der Waals surface area contributed by atoms with E-state index in [1.165, 1.54) is 12.8 Å². The van der Waals surface area contributed by atoms with E-state index in [2.05, 4.69) is 24.1 Å². The van der Waals surface area contributed by atoms with Crippen molar-refractivity contribution in [3.63, 3.8) is 0 Å². The van der Waals surface area contributed by atoms with Crippen molar-refractivity contribution in [3.05, 3.63) is 18.0 Å². The number of nitrogens with zero attached hydrogens (tertiary/aromatic N) is 1. The average molecular weight is 206 g/mol. The molecule has 1 aromatic heterocycles. The van der Waals surface area contributed by atoms with E-state index in [1.54, 1.807) is 0 Å². The minimum atomic E-state index is 0.412. The number of nitrogens with one attached hydrogen (secondary N) is 1. The Labute approximate surface area is 90.9 Å². The maximum absolute atomic E-state index is 5.84. The van der Waals surface area contributed by atoms with Crippen LogP contribution in [0.15, 0.2) is 12.3 Å². The first kappa shape index (κ1) is 10.3. The van der Waals surface area contributed by atoms with Crippen molar-refractivity contribution in [2.24, 2.45) is 0 Å². The number of rotatable bonds is 4. The largest absolute Gasteiger partial charge is 0.488 e. The number of hydrogen-bond acceptors (Lipinski definition) is 3. The SMILES string of the molecule is CNc1c(OC2CC2)ccnc1C(C)C. The molecule has 3 heteroatoms. The predicted octanol–water partition coefficient (Wildman–Crippen LogP) is 2.79. The topological polar surface area (TPSA) is 34.1 Å². The lowest BCUT2D eigenvalue weighted by atomic mass is 10.1. The summed E-state index contributed by atoms with van der Waals surface area (Å²) in [6, 6.07) is 1.94. The molecule has 0 spiro atoms. The Bertz CT molecular complexity index is 345. The summed E-state index contributed by atoms with van der Waals surface area (Å²) >= 11 is 0. The monoisotopic (exact) mass is 206 g/mol. The molecule has 1 fully saturated rings. The molecule has 0 amide bonds. The summed E-state index contributed by atoms with van der Waals surface area (Å²) in [6.45, 7) is 4.29. The Kier molecular flexibility index (Phi) is 2.80. The fourth-order valence-electron chi connectivity index (χ4n) is 1.61. The van der Waals surface area contributed by atoms with Crippen molar-refractivity contribution >= 4 is 5.69 Å². The molecule has 0 unspecified atom stereocenters. The standard InChI is InChI=1S/C12H18N2O/c1-8(2)11-12(13-3)10(6-7-14-11)15-9-4-5-9/h6-9,13H,4-5H2,1-3H3. The van der Waals surface area contributed by atoms with Crippen LogP contribution in [0, 0.1) is 0 Å². The highest BCUT2D eigenvalue weighted by molar-refractivity contribution is 5.60. The van der Waals surface area contributed by atoms with Crippen LogP contribution in [0.25, 0.3) is 0 Å². The fourth-order valence-corrected chi connectivity index (χ4v) is 1.61. The van der Waals surface area contributed by atoms with Crippen LogP contribution in [0.5, 0.6) is 5.75 Å². The van der Waals surface area contributed by atoms with Gasteiger partial charge in [-0.05, 0) is 18.8 Å². The Morgan fingerprint density at radius 2 is 2.20 bits per heavy atom. The van der Waals surface area contributed by atoms with E-state index in [4.69, 9.17) is 4.74 Å². The summed E-state index contributed by atoms with van der Waals surface area (Å²) in [7, 11) is 1.92. The van der Waals surface area contributed by atoms with E-state index >= 15 is 0 Å². The molecular formula is C12H18N2O. The van der Waals surface area contributed by atoms with E-state index in [0.717, 1.165) is 17.1 Å². The third-order valence-electron chi connectivity index (χ3n) is 2.56. The van der Waals surface area contributed by atoms with E-state index in [0.29, 0.717) is 12.0 Å². The molecular weight excluding hydrogens is 188 g/mol. The van der Waals surface area contributed by atoms with Crippen molar-refractivity contribution < 1.29 is 4.74 Å². The Hall–Kier alpha value is -1.25. The second kappa shape index (κ2) is 4.09. The van der Waals surface area contributed by atoms with Crippen LogP contribution in [0.1, 0.15) is 38.3 Å². The third-order valence-corrected chi connectivity index (χ3v) is 2.56. The Balaban J connectivity index is 2.30. The predicted molar refractivity (Wildman–Crippen MR) is 61.5 cm³/mol. The molecule has 2 rings (SSSR count). The Morgan fingerprint density at radius 3 is 2.73 bits per heavy atom. The lowest BCUT2D eigenvalue weighted by Gasteiger charge is -2.15. The van der Waals surface area contributed by atoms with Gasteiger partial charge in [0, 0.05) is 19.3 Å². The minimum Gasteiger partial charge on any atom is -0.488 e. The molecule has 0 saturated heterocycles. The van der Waals surface area contributed by atoms with Gasteiger partial charge in [-0.15, -0.1) is 0 Å². The highest BCUT2D eigenvalue weighted by atomic mass is 16.5. The highest BCUT2D eigenvalue weighted by Crippen LogP contribution is 2.35. The zero-order valence-corrected chi connectivity index (χ0v) is 9.58. The van der Waals surface area contributed by atoms with Gasteiger partial charge in [-0.3, -0.25) is 4.98 Å². The van der Waals surface area contributed by atoms with E-state index in [-0.39, 0.29) is 0 Å². The zero-order chi connectivity index (χ0) is 10.8. The first-order valence-corrected chi connectivity index (χ1v) is 5.55. The van der Waals surface area contributed by atoms with Crippen LogP contribution in [0.2, 0.25) is 0 Å². The molecule has 1 aromatic rings.